The predicted octanol–water partition coefficient (Wildman–Crippen LogP) is 3.62. The fourth-order valence-corrected chi connectivity index (χ4v) is 3.52. The smallest absolute Gasteiger partial charge is 0.226 e. The number of aryl methyl sites for hydroxylation is 1. The van der Waals surface area contributed by atoms with Gasteiger partial charge in [-0.2, -0.15) is 5.10 Å². The number of carbonyl (C=O) groups excluding carboxylic acids is 1. The molecule has 0 spiro atoms. The molecule has 7 heteroatoms. The molecule has 28 heavy (non-hydrogen) atoms. The van der Waals surface area contributed by atoms with E-state index in [1.807, 2.05) is 12.1 Å². The van der Waals surface area contributed by atoms with Gasteiger partial charge in [-0.1, -0.05) is 24.3 Å². The molecule has 3 aromatic rings. The normalized spacial score (nSPS) is 15.7. The Morgan fingerprint density at radius 2 is 2.07 bits per heavy atom. The van der Waals surface area contributed by atoms with E-state index in [1.165, 1.54) is 12.1 Å². The molecular weight excluding hydrogens is 361 g/mol. The van der Waals surface area contributed by atoms with Crippen LogP contribution in [-0.4, -0.2) is 22.8 Å². The molecule has 0 saturated heterocycles. The molecule has 0 radical (unpaired) electrons. The van der Waals surface area contributed by atoms with Crippen LogP contribution in [0.1, 0.15) is 29.0 Å². The number of para-hydroxylation sites is 1. The third kappa shape index (κ3) is 3.31. The highest BCUT2D eigenvalue weighted by molar-refractivity contribution is 5.94. The Morgan fingerprint density at radius 3 is 2.86 bits per heavy atom. The Morgan fingerprint density at radius 1 is 1.25 bits per heavy atom. The minimum absolute atomic E-state index is 0.0833. The first-order valence-corrected chi connectivity index (χ1v) is 8.92. The standard InChI is InChI=1S/C21H20FN3O3/c1-25-21-17(11-23-25)16(10-19(26)24-21)15-7-4-8-18(27-2)20(15)28-12-13-5-3-6-14(22)9-13/h3-9,11,16H,10,12H2,1-2H3,(H,24,26)/t16-/m0/s1. The van der Waals surface area contributed by atoms with Crippen LogP contribution in [0.25, 0.3) is 0 Å². The van der Waals surface area contributed by atoms with Crippen LogP contribution in [0.4, 0.5) is 10.2 Å². The van der Waals surface area contributed by atoms with E-state index in [1.54, 1.807) is 43.2 Å². The molecule has 0 aliphatic carbocycles. The topological polar surface area (TPSA) is 65.4 Å². The zero-order valence-corrected chi connectivity index (χ0v) is 15.6. The molecule has 4 rings (SSSR count). The Balaban J connectivity index is 1.73. The highest BCUT2D eigenvalue weighted by Crippen LogP contribution is 2.44. The second-order valence-corrected chi connectivity index (χ2v) is 6.67. The summed E-state index contributed by atoms with van der Waals surface area (Å²) in [4.78, 5) is 12.3. The van der Waals surface area contributed by atoms with Crippen molar-refractivity contribution < 1.29 is 18.7 Å². The highest BCUT2D eigenvalue weighted by Gasteiger charge is 2.32. The molecule has 2 aromatic carbocycles. The van der Waals surface area contributed by atoms with E-state index in [0.29, 0.717) is 22.9 Å². The van der Waals surface area contributed by atoms with Crippen molar-refractivity contribution in [2.24, 2.45) is 7.05 Å². The number of methoxy groups -OCH3 is 1. The summed E-state index contributed by atoms with van der Waals surface area (Å²) in [5.74, 6) is 1.18. The first-order valence-electron chi connectivity index (χ1n) is 8.92. The van der Waals surface area contributed by atoms with E-state index in [-0.39, 0.29) is 30.7 Å². The fourth-order valence-electron chi connectivity index (χ4n) is 3.52. The van der Waals surface area contributed by atoms with Gasteiger partial charge in [0.1, 0.15) is 18.2 Å². The van der Waals surface area contributed by atoms with Crippen molar-refractivity contribution in [1.29, 1.82) is 0 Å². The van der Waals surface area contributed by atoms with Crippen LogP contribution in [0.2, 0.25) is 0 Å². The Hall–Kier alpha value is -3.35. The molecule has 1 N–H and O–H groups in total. The van der Waals surface area contributed by atoms with Gasteiger partial charge in [-0.25, -0.2) is 4.39 Å². The van der Waals surface area contributed by atoms with Crippen LogP contribution in [0.5, 0.6) is 11.5 Å². The molecule has 144 valence electrons. The molecular formula is C21H20FN3O3. The quantitative estimate of drug-likeness (QED) is 0.733. The number of benzene rings is 2. The van der Waals surface area contributed by atoms with Crippen molar-refractivity contribution in [2.75, 3.05) is 12.4 Å². The number of nitrogens with zero attached hydrogens (tertiary/aromatic N) is 2. The van der Waals surface area contributed by atoms with Crippen LogP contribution < -0.4 is 14.8 Å². The minimum Gasteiger partial charge on any atom is -0.493 e. The average Bonchev–Trinajstić information content (AvgIpc) is 3.06. The largest absolute Gasteiger partial charge is 0.493 e. The number of carbonyl (C=O) groups is 1. The Bertz CT molecular complexity index is 1030. The Kier molecular flexibility index (Phi) is 4.73. The van der Waals surface area contributed by atoms with Gasteiger partial charge >= 0.3 is 0 Å². The van der Waals surface area contributed by atoms with Crippen molar-refractivity contribution >= 4 is 11.7 Å². The van der Waals surface area contributed by atoms with Crippen LogP contribution >= 0.6 is 0 Å². The third-order valence-corrected chi connectivity index (χ3v) is 4.87. The van der Waals surface area contributed by atoms with Gasteiger partial charge in [0.25, 0.3) is 0 Å². The molecule has 1 aromatic heterocycles. The van der Waals surface area contributed by atoms with Gasteiger partial charge in [-0.3, -0.25) is 9.48 Å². The number of aromatic nitrogens is 2. The Labute approximate surface area is 161 Å². The molecule has 2 heterocycles. The average molecular weight is 381 g/mol. The number of hydrogen-bond acceptors (Lipinski definition) is 4. The maximum absolute atomic E-state index is 13.5. The molecule has 0 unspecified atom stereocenters. The fraction of sp³-hybridized carbons (Fsp3) is 0.238. The summed E-state index contributed by atoms with van der Waals surface area (Å²) in [5, 5.41) is 7.14. The molecule has 1 aliphatic heterocycles. The van der Waals surface area contributed by atoms with Crippen molar-refractivity contribution in [2.45, 2.75) is 18.9 Å². The number of rotatable bonds is 5. The molecule has 6 nitrogen and oxygen atoms in total. The van der Waals surface area contributed by atoms with Crippen LogP contribution in [0.15, 0.2) is 48.7 Å². The third-order valence-electron chi connectivity index (χ3n) is 4.87. The van der Waals surface area contributed by atoms with Crippen molar-refractivity contribution in [1.82, 2.24) is 9.78 Å². The van der Waals surface area contributed by atoms with Crippen LogP contribution in [0.3, 0.4) is 0 Å². The van der Waals surface area contributed by atoms with Gasteiger partial charge in [-0.15, -0.1) is 0 Å². The van der Waals surface area contributed by atoms with E-state index in [0.717, 1.165) is 11.1 Å². The maximum Gasteiger partial charge on any atom is 0.226 e. The number of fused-ring (bicyclic) bond motifs is 1. The number of anilines is 1. The number of amides is 1. The first kappa shape index (κ1) is 18.0. The molecule has 1 aliphatic rings. The second kappa shape index (κ2) is 7.34. The van der Waals surface area contributed by atoms with Gasteiger partial charge in [0, 0.05) is 30.5 Å². The number of hydrogen-bond donors (Lipinski definition) is 1. The van der Waals surface area contributed by atoms with Gasteiger partial charge in [0.15, 0.2) is 11.5 Å². The minimum atomic E-state index is -0.315. The van der Waals surface area contributed by atoms with E-state index >= 15 is 0 Å². The zero-order valence-electron chi connectivity index (χ0n) is 15.6. The lowest BCUT2D eigenvalue weighted by atomic mass is 9.86. The lowest BCUT2D eigenvalue weighted by Crippen LogP contribution is -2.24. The summed E-state index contributed by atoms with van der Waals surface area (Å²) in [6, 6.07) is 11.9. The predicted molar refractivity (Wildman–Crippen MR) is 102 cm³/mol. The molecule has 0 saturated carbocycles. The number of halogens is 1. The monoisotopic (exact) mass is 381 g/mol. The molecule has 0 bridgehead atoms. The number of ether oxygens (including phenoxy) is 2. The van der Waals surface area contributed by atoms with Gasteiger partial charge < -0.3 is 14.8 Å². The molecule has 1 amide bonds. The summed E-state index contributed by atoms with van der Waals surface area (Å²) >= 11 is 0. The van der Waals surface area contributed by atoms with E-state index < -0.39 is 0 Å². The SMILES string of the molecule is COc1cccc([C@@H]2CC(=O)Nc3c2cnn3C)c1OCc1cccc(F)c1. The summed E-state index contributed by atoms with van der Waals surface area (Å²) in [6.45, 7) is 0.184. The summed E-state index contributed by atoms with van der Waals surface area (Å²) in [5.41, 5.74) is 2.46. The molecule has 1 atom stereocenters. The highest BCUT2D eigenvalue weighted by atomic mass is 19.1. The van der Waals surface area contributed by atoms with Crippen molar-refractivity contribution in [3.05, 3.63) is 71.2 Å². The van der Waals surface area contributed by atoms with E-state index in [9.17, 15) is 9.18 Å². The maximum atomic E-state index is 13.5. The van der Waals surface area contributed by atoms with Crippen LogP contribution in [-0.2, 0) is 18.4 Å². The van der Waals surface area contributed by atoms with Gasteiger partial charge in [-0.05, 0) is 23.8 Å². The van der Waals surface area contributed by atoms with Crippen molar-refractivity contribution in [3.8, 4) is 11.5 Å². The first-order chi connectivity index (χ1) is 13.6. The summed E-state index contributed by atoms with van der Waals surface area (Å²) in [7, 11) is 3.35. The van der Waals surface area contributed by atoms with E-state index in [4.69, 9.17) is 9.47 Å². The molecule has 0 fully saturated rings. The van der Waals surface area contributed by atoms with Crippen molar-refractivity contribution in [3.63, 3.8) is 0 Å². The van der Waals surface area contributed by atoms with E-state index in [2.05, 4.69) is 10.4 Å². The van der Waals surface area contributed by atoms with Gasteiger partial charge in [0.2, 0.25) is 5.91 Å². The number of nitrogens with one attached hydrogen (secondary N) is 1. The summed E-state index contributed by atoms with van der Waals surface area (Å²) in [6.07, 6.45) is 2.04. The lowest BCUT2D eigenvalue weighted by molar-refractivity contribution is -0.116. The summed E-state index contributed by atoms with van der Waals surface area (Å²) < 4.78 is 26.7. The van der Waals surface area contributed by atoms with Gasteiger partial charge in [0.05, 0.1) is 13.3 Å². The second-order valence-electron chi connectivity index (χ2n) is 6.67. The zero-order chi connectivity index (χ0) is 19.7. The lowest BCUT2D eigenvalue weighted by Gasteiger charge is -2.26. The van der Waals surface area contributed by atoms with Crippen LogP contribution in [0, 0.1) is 5.82 Å².